The number of aliphatic hydroxyl groups excluding tert-OH is 2. The molecule has 0 aliphatic carbocycles. The number of nitrogens with zero attached hydrogens (tertiary/aromatic N) is 2. The van der Waals surface area contributed by atoms with Crippen LogP contribution in [0, 0.1) is 6.92 Å². The van der Waals surface area contributed by atoms with E-state index in [0.29, 0.717) is 5.82 Å². The number of hydrogen-bond donors (Lipinski definition) is 3. The first kappa shape index (κ1) is 20.5. The molecule has 3 N–H and O–H groups in total. The summed E-state index contributed by atoms with van der Waals surface area (Å²) >= 11 is 0. The number of aryl methyl sites for hydroxylation is 1. The van der Waals surface area contributed by atoms with Gasteiger partial charge in [-0.2, -0.15) is 0 Å². The minimum absolute atomic E-state index is 0.0194. The fraction of sp³-hybridized carbons (Fsp3) is 0.217. The fourth-order valence-corrected chi connectivity index (χ4v) is 2.93. The smallest absolute Gasteiger partial charge is 0.322 e. The van der Waals surface area contributed by atoms with Crippen LogP contribution in [0.2, 0.25) is 0 Å². The number of amides is 2. The standard InChI is InChI=1S/C23H25N3O3/c1-16-8-10-17(11-9-16)19-12-21(18-6-4-3-5-7-18)24-22(13-19)25-23(29)26(2)14-20(28)15-27/h3-13,20,27-28H,14-15H2,1-2H3,(H,24,25,29)/t20-/m0/s1. The molecular formula is C23H25N3O3. The summed E-state index contributed by atoms with van der Waals surface area (Å²) in [5, 5.41) is 21.3. The highest BCUT2D eigenvalue weighted by atomic mass is 16.3. The zero-order valence-corrected chi connectivity index (χ0v) is 16.5. The third kappa shape index (κ3) is 5.40. The summed E-state index contributed by atoms with van der Waals surface area (Å²) in [6.07, 6.45) is -0.988. The van der Waals surface area contributed by atoms with Gasteiger partial charge in [0, 0.05) is 12.6 Å². The van der Waals surface area contributed by atoms with Crippen molar-refractivity contribution in [1.82, 2.24) is 9.88 Å². The Kier molecular flexibility index (Phi) is 6.59. The van der Waals surface area contributed by atoms with E-state index >= 15 is 0 Å². The molecule has 150 valence electrons. The molecule has 0 saturated carbocycles. The van der Waals surface area contributed by atoms with Gasteiger partial charge in [-0.15, -0.1) is 0 Å². The minimum Gasteiger partial charge on any atom is -0.394 e. The van der Waals surface area contributed by atoms with Crippen LogP contribution in [-0.4, -0.2) is 52.4 Å². The molecule has 0 spiro atoms. The quantitative estimate of drug-likeness (QED) is 0.600. The van der Waals surface area contributed by atoms with Crippen LogP contribution in [0.5, 0.6) is 0 Å². The number of rotatable bonds is 6. The normalized spacial score (nSPS) is 11.7. The molecule has 0 radical (unpaired) electrons. The van der Waals surface area contributed by atoms with Crippen LogP contribution in [0.25, 0.3) is 22.4 Å². The molecule has 3 rings (SSSR count). The molecule has 6 nitrogen and oxygen atoms in total. The molecule has 0 unspecified atom stereocenters. The number of aromatic nitrogens is 1. The van der Waals surface area contributed by atoms with Crippen molar-refractivity contribution in [2.45, 2.75) is 13.0 Å². The number of anilines is 1. The Hall–Kier alpha value is -3.22. The Morgan fingerprint density at radius 1 is 1.03 bits per heavy atom. The van der Waals surface area contributed by atoms with E-state index in [4.69, 9.17) is 5.11 Å². The molecule has 0 aliphatic rings. The minimum atomic E-state index is -0.988. The molecule has 2 amide bonds. The van der Waals surface area contributed by atoms with Crippen LogP contribution in [0.4, 0.5) is 10.6 Å². The summed E-state index contributed by atoms with van der Waals surface area (Å²) in [5.74, 6) is 0.414. The number of benzene rings is 2. The highest BCUT2D eigenvalue weighted by Crippen LogP contribution is 2.28. The van der Waals surface area contributed by atoms with Gasteiger partial charge in [0.2, 0.25) is 0 Å². The average Bonchev–Trinajstić information content (AvgIpc) is 2.74. The molecule has 0 saturated heterocycles. The number of carbonyl (C=O) groups is 1. The second-order valence-corrected chi connectivity index (χ2v) is 7.01. The molecule has 1 aromatic heterocycles. The van der Waals surface area contributed by atoms with Gasteiger partial charge < -0.3 is 15.1 Å². The van der Waals surface area contributed by atoms with Crippen molar-refractivity contribution >= 4 is 11.8 Å². The van der Waals surface area contributed by atoms with Gasteiger partial charge in [0.25, 0.3) is 0 Å². The number of urea groups is 1. The highest BCUT2D eigenvalue weighted by Gasteiger charge is 2.15. The fourth-order valence-electron chi connectivity index (χ4n) is 2.93. The lowest BCUT2D eigenvalue weighted by atomic mass is 10.0. The van der Waals surface area contributed by atoms with Gasteiger partial charge in [0.1, 0.15) is 5.82 Å². The van der Waals surface area contributed by atoms with E-state index < -0.39 is 18.7 Å². The molecule has 2 aromatic carbocycles. The van der Waals surface area contributed by atoms with Gasteiger partial charge in [-0.05, 0) is 30.2 Å². The molecule has 1 atom stereocenters. The van der Waals surface area contributed by atoms with Gasteiger partial charge in [-0.3, -0.25) is 5.32 Å². The van der Waals surface area contributed by atoms with Crippen LogP contribution in [0.1, 0.15) is 5.56 Å². The predicted octanol–water partition coefficient (Wildman–Crippen LogP) is 3.54. The maximum atomic E-state index is 12.5. The summed E-state index contributed by atoms with van der Waals surface area (Å²) in [6.45, 7) is 1.65. The lowest BCUT2D eigenvalue weighted by Crippen LogP contribution is -2.38. The lowest BCUT2D eigenvalue weighted by Gasteiger charge is -2.20. The van der Waals surface area contributed by atoms with Crippen molar-refractivity contribution in [3.05, 3.63) is 72.3 Å². The van der Waals surface area contributed by atoms with E-state index in [1.807, 2.05) is 73.7 Å². The summed E-state index contributed by atoms with van der Waals surface area (Å²) in [7, 11) is 1.55. The number of pyridine rings is 1. The van der Waals surface area contributed by atoms with Crippen molar-refractivity contribution in [2.24, 2.45) is 0 Å². The zero-order chi connectivity index (χ0) is 20.8. The Bertz CT molecular complexity index is 959. The average molecular weight is 391 g/mol. The summed E-state index contributed by atoms with van der Waals surface area (Å²) in [5.41, 5.74) is 4.82. The molecule has 3 aromatic rings. The molecule has 0 aliphatic heterocycles. The predicted molar refractivity (Wildman–Crippen MR) is 115 cm³/mol. The maximum Gasteiger partial charge on any atom is 0.322 e. The second kappa shape index (κ2) is 9.32. The summed E-state index contributed by atoms with van der Waals surface area (Å²) < 4.78 is 0. The number of nitrogens with one attached hydrogen (secondary N) is 1. The SMILES string of the molecule is Cc1ccc(-c2cc(NC(=O)N(C)C[C@H](O)CO)nc(-c3ccccc3)c2)cc1. The molecule has 6 heteroatoms. The van der Waals surface area contributed by atoms with E-state index in [2.05, 4.69) is 10.3 Å². The Morgan fingerprint density at radius 3 is 2.38 bits per heavy atom. The topological polar surface area (TPSA) is 85.7 Å². The Morgan fingerprint density at radius 2 is 1.72 bits per heavy atom. The third-order valence-corrected chi connectivity index (χ3v) is 4.56. The van der Waals surface area contributed by atoms with Crippen LogP contribution < -0.4 is 5.32 Å². The molecular weight excluding hydrogens is 366 g/mol. The van der Waals surface area contributed by atoms with Crippen LogP contribution >= 0.6 is 0 Å². The second-order valence-electron chi connectivity index (χ2n) is 7.01. The van der Waals surface area contributed by atoms with Crippen molar-refractivity contribution in [3.63, 3.8) is 0 Å². The van der Waals surface area contributed by atoms with Gasteiger partial charge >= 0.3 is 6.03 Å². The third-order valence-electron chi connectivity index (χ3n) is 4.56. The first-order chi connectivity index (χ1) is 14.0. The van der Waals surface area contributed by atoms with Crippen LogP contribution in [0.15, 0.2) is 66.7 Å². The van der Waals surface area contributed by atoms with Crippen molar-refractivity contribution in [1.29, 1.82) is 0 Å². The summed E-state index contributed by atoms with van der Waals surface area (Å²) in [6, 6.07) is 21.3. The number of likely N-dealkylation sites (N-methyl/N-ethyl adjacent to an activating group) is 1. The van der Waals surface area contributed by atoms with E-state index in [-0.39, 0.29) is 6.54 Å². The van der Waals surface area contributed by atoms with Crippen LogP contribution in [0.3, 0.4) is 0 Å². The van der Waals surface area contributed by atoms with Crippen molar-refractivity contribution in [3.8, 4) is 22.4 Å². The van der Waals surface area contributed by atoms with Crippen molar-refractivity contribution in [2.75, 3.05) is 25.5 Å². The molecule has 29 heavy (non-hydrogen) atoms. The van der Waals surface area contributed by atoms with Gasteiger partial charge in [0.15, 0.2) is 0 Å². The highest BCUT2D eigenvalue weighted by molar-refractivity contribution is 5.89. The Balaban J connectivity index is 1.94. The Labute approximate surface area is 170 Å². The largest absolute Gasteiger partial charge is 0.394 e. The number of carbonyl (C=O) groups excluding carboxylic acids is 1. The first-order valence-corrected chi connectivity index (χ1v) is 9.42. The summed E-state index contributed by atoms with van der Waals surface area (Å²) in [4.78, 5) is 18.4. The van der Waals surface area contributed by atoms with E-state index in [0.717, 1.165) is 22.4 Å². The molecule has 1 heterocycles. The van der Waals surface area contributed by atoms with E-state index in [1.54, 1.807) is 7.05 Å². The number of aliphatic hydroxyl groups is 2. The van der Waals surface area contributed by atoms with Gasteiger partial charge in [0.05, 0.1) is 24.9 Å². The van der Waals surface area contributed by atoms with Gasteiger partial charge in [-0.25, -0.2) is 9.78 Å². The molecule has 0 fully saturated rings. The van der Waals surface area contributed by atoms with E-state index in [1.165, 1.54) is 10.5 Å². The van der Waals surface area contributed by atoms with Gasteiger partial charge in [-0.1, -0.05) is 60.2 Å². The lowest BCUT2D eigenvalue weighted by molar-refractivity contribution is 0.0750. The number of hydrogen-bond acceptors (Lipinski definition) is 4. The zero-order valence-electron chi connectivity index (χ0n) is 16.5. The molecule has 0 bridgehead atoms. The monoisotopic (exact) mass is 391 g/mol. The first-order valence-electron chi connectivity index (χ1n) is 9.42. The van der Waals surface area contributed by atoms with E-state index in [9.17, 15) is 9.90 Å². The maximum absolute atomic E-state index is 12.5. The van der Waals surface area contributed by atoms with Crippen LogP contribution in [-0.2, 0) is 0 Å². The van der Waals surface area contributed by atoms with Crippen molar-refractivity contribution < 1.29 is 15.0 Å².